The normalized spacial score (nSPS) is 11.9. The molecule has 2 aromatic rings. The van der Waals surface area contributed by atoms with Crippen LogP contribution in [0.4, 0.5) is 5.82 Å². The predicted octanol–water partition coefficient (Wildman–Crippen LogP) is 2.86. The highest BCUT2D eigenvalue weighted by atomic mass is 35.5. The van der Waals surface area contributed by atoms with Crippen LogP contribution in [0.1, 0.15) is 29.1 Å². The molecule has 0 saturated carbocycles. The summed E-state index contributed by atoms with van der Waals surface area (Å²) in [6, 6.07) is 6.53. The zero-order chi connectivity index (χ0) is 13.8. The van der Waals surface area contributed by atoms with Gasteiger partial charge in [-0.1, -0.05) is 11.6 Å². The molecule has 19 heavy (non-hydrogen) atoms. The van der Waals surface area contributed by atoms with Crippen LogP contribution >= 0.6 is 11.6 Å². The number of carbonyl (C=O) groups excluding carboxylic acids is 1. The summed E-state index contributed by atoms with van der Waals surface area (Å²) >= 11 is 5.86. The Morgan fingerprint density at radius 2 is 2.26 bits per heavy atom. The van der Waals surface area contributed by atoms with Gasteiger partial charge in [0.2, 0.25) is 0 Å². The SMILES string of the molecule is CNc1cc(C(=O)NC(C)c2ccco2)cc(Cl)n1. The zero-order valence-electron chi connectivity index (χ0n) is 10.6. The van der Waals surface area contributed by atoms with Crippen LogP contribution in [0.15, 0.2) is 34.9 Å². The maximum Gasteiger partial charge on any atom is 0.252 e. The van der Waals surface area contributed by atoms with Gasteiger partial charge >= 0.3 is 0 Å². The zero-order valence-corrected chi connectivity index (χ0v) is 11.4. The Balaban J connectivity index is 2.13. The van der Waals surface area contributed by atoms with Crippen molar-refractivity contribution in [2.24, 2.45) is 0 Å². The van der Waals surface area contributed by atoms with Gasteiger partial charge in [0.1, 0.15) is 16.7 Å². The van der Waals surface area contributed by atoms with Gasteiger partial charge in [-0.25, -0.2) is 4.98 Å². The Hall–Kier alpha value is -2.01. The van der Waals surface area contributed by atoms with Gasteiger partial charge in [-0.15, -0.1) is 0 Å². The summed E-state index contributed by atoms with van der Waals surface area (Å²) in [6.07, 6.45) is 1.57. The molecule has 0 bridgehead atoms. The van der Waals surface area contributed by atoms with E-state index >= 15 is 0 Å². The smallest absolute Gasteiger partial charge is 0.252 e. The molecular formula is C13H14ClN3O2. The van der Waals surface area contributed by atoms with Gasteiger partial charge in [0.25, 0.3) is 5.91 Å². The van der Waals surface area contributed by atoms with Crippen LogP contribution < -0.4 is 10.6 Å². The van der Waals surface area contributed by atoms with Crippen LogP contribution in [0.3, 0.4) is 0 Å². The molecule has 6 heteroatoms. The summed E-state index contributed by atoms with van der Waals surface area (Å²) in [6.45, 7) is 1.85. The van der Waals surface area contributed by atoms with E-state index in [-0.39, 0.29) is 17.1 Å². The molecule has 2 rings (SSSR count). The first-order chi connectivity index (χ1) is 9.10. The van der Waals surface area contributed by atoms with Gasteiger partial charge < -0.3 is 15.1 Å². The fourth-order valence-electron chi connectivity index (χ4n) is 1.64. The minimum absolute atomic E-state index is 0.215. The number of carbonyl (C=O) groups is 1. The van der Waals surface area contributed by atoms with Crippen molar-refractivity contribution in [3.05, 3.63) is 47.0 Å². The first-order valence-electron chi connectivity index (χ1n) is 5.79. The highest BCUT2D eigenvalue weighted by Crippen LogP contribution is 2.17. The average molecular weight is 280 g/mol. The van der Waals surface area contributed by atoms with Crippen molar-refractivity contribution in [3.63, 3.8) is 0 Å². The molecule has 0 saturated heterocycles. The third-order valence-electron chi connectivity index (χ3n) is 2.63. The molecule has 0 fully saturated rings. The molecule has 0 aliphatic rings. The van der Waals surface area contributed by atoms with Crippen molar-refractivity contribution in [1.82, 2.24) is 10.3 Å². The topological polar surface area (TPSA) is 67.2 Å². The van der Waals surface area contributed by atoms with Gasteiger partial charge in [-0.3, -0.25) is 4.79 Å². The van der Waals surface area contributed by atoms with E-state index < -0.39 is 0 Å². The highest BCUT2D eigenvalue weighted by Gasteiger charge is 2.14. The number of nitrogens with zero attached hydrogens (tertiary/aromatic N) is 1. The maximum atomic E-state index is 12.1. The van der Waals surface area contributed by atoms with Gasteiger partial charge in [0.05, 0.1) is 12.3 Å². The van der Waals surface area contributed by atoms with Crippen molar-refractivity contribution in [3.8, 4) is 0 Å². The van der Waals surface area contributed by atoms with Gasteiger partial charge in [-0.2, -0.15) is 0 Å². The fourth-order valence-corrected chi connectivity index (χ4v) is 1.85. The molecule has 2 heterocycles. The molecule has 2 N–H and O–H groups in total. The minimum Gasteiger partial charge on any atom is -0.467 e. The Morgan fingerprint density at radius 1 is 1.47 bits per heavy atom. The molecule has 0 aromatic carbocycles. The van der Waals surface area contributed by atoms with Crippen LogP contribution in [0.5, 0.6) is 0 Å². The fraction of sp³-hybridized carbons (Fsp3) is 0.231. The molecule has 0 aliphatic heterocycles. The first-order valence-corrected chi connectivity index (χ1v) is 6.17. The molecule has 1 unspecified atom stereocenters. The first kappa shape index (κ1) is 13.4. The second kappa shape index (κ2) is 5.75. The summed E-state index contributed by atoms with van der Waals surface area (Å²) in [5.74, 6) is 1.01. The molecule has 0 aliphatic carbocycles. The van der Waals surface area contributed by atoms with E-state index in [1.807, 2.05) is 13.0 Å². The Morgan fingerprint density at radius 3 is 2.89 bits per heavy atom. The summed E-state index contributed by atoms with van der Waals surface area (Å²) < 4.78 is 5.24. The number of aromatic nitrogens is 1. The van der Waals surface area contributed by atoms with Crippen LogP contribution in [0.2, 0.25) is 5.15 Å². The monoisotopic (exact) mass is 279 g/mol. The molecule has 100 valence electrons. The van der Waals surface area contributed by atoms with Crippen molar-refractivity contribution < 1.29 is 9.21 Å². The molecule has 0 spiro atoms. The highest BCUT2D eigenvalue weighted by molar-refractivity contribution is 6.29. The van der Waals surface area contributed by atoms with Gasteiger partial charge in [0.15, 0.2) is 0 Å². The third kappa shape index (κ3) is 3.26. The summed E-state index contributed by atoms with van der Waals surface area (Å²) in [5, 5.41) is 5.95. The van der Waals surface area contributed by atoms with Crippen LogP contribution in [0, 0.1) is 0 Å². The Labute approximate surface area is 116 Å². The number of hydrogen-bond donors (Lipinski definition) is 2. The molecule has 2 aromatic heterocycles. The van der Waals surface area contributed by atoms with Crippen LogP contribution in [-0.4, -0.2) is 17.9 Å². The number of nitrogens with one attached hydrogen (secondary N) is 2. The summed E-state index contributed by atoms with van der Waals surface area (Å²) in [4.78, 5) is 16.1. The molecule has 1 atom stereocenters. The van der Waals surface area contributed by atoms with Crippen molar-refractivity contribution in [1.29, 1.82) is 0 Å². The second-order valence-electron chi connectivity index (χ2n) is 4.02. The van der Waals surface area contributed by atoms with Crippen molar-refractivity contribution >= 4 is 23.3 Å². The standard InChI is InChI=1S/C13H14ClN3O2/c1-8(10-4-3-5-19-10)16-13(18)9-6-11(14)17-12(7-9)15-2/h3-8H,1-2H3,(H,15,17)(H,16,18). The number of amides is 1. The number of hydrogen-bond acceptors (Lipinski definition) is 4. The third-order valence-corrected chi connectivity index (χ3v) is 2.82. The molecular weight excluding hydrogens is 266 g/mol. The molecule has 5 nitrogen and oxygen atoms in total. The number of halogens is 1. The number of anilines is 1. The number of rotatable bonds is 4. The van der Waals surface area contributed by atoms with Crippen molar-refractivity contribution in [2.75, 3.05) is 12.4 Å². The lowest BCUT2D eigenvalue weighted by Gasteiger charge is -2.12. The lowest BCUT2D eigenvalue weighted by molar-refractivity contribution is 0.0935. The predicted molar refractivity (Wildman–Crippen MR) is 73.4 cm³/mol. The van der Waals surface area contributed by atoms with Crippen LogP contribution in [0.25, 0.3) is 0 Å². The number of furan rings is 1. The van der Waals surface area contributed by atoms with E-state index in [4.69, 9.17) is 16.0 Å². The Kier molecular flexibility index (Phi) is 4.06. The largest absolute Gasteiger partial charge is 0.467 e. The Bertz CT molecular complexity index is 569. The average Bonchev–Trinajstić information content (AvgIpc) is 2.91. The van der Waals surface area contributed by atoms with Crippen LogP contribution in [-0.2, 0) is 0 Å². The van der Waals surface area contributed by atoms with E-state index in [1.54, 1.807) is 25.4 Å². The maximum absolute atomic E-state index is 12.1. The van der Waals surface area contributed by atoms with Crippen molar-refractivity contribution in [2.45, 2.75) is 13.0 Å². The van der Waals surface area contributed by atoms with E-state index in [9.17, 15) is 4.79 Å². The van der Waals surface area contributed by atoms with Gasteiger partial charge in [-0.05, 0) is 31.2 Å². The minimum atomic E-state index is -0.232. The number of pyridine rings is 1. The quantitative estimate of drug-likeness (QED) is 0.845. The van der Waals surface area contributed by atoms with E-state index in [2.05, 4.69) is 15.6 Å². The molecule has 0 radical (unpaired) electrons. The summed E-state index contributed by atoms with van der Waals surface area (Å²) in [5.41, 5.74) is 0.447. The summed E-state index contributed by atoms with van der Waals surface area (Å²) in [7, 11) is 1.71. The van der Waals surface area contributed by atoms with E-state index in [0.717, 1.165) is 0 Å². The lowest BCUT2D eigenvalue weighted by atomic mass is 10.2. The van der Waals surface area contributed by atoms with Gasteiger partial charge in [0, 0.05) is 12.6 Å². The molecule has 1 amide bonds. The van der Waals surface area contributed by atoms with E-state index in [1.165, 1.54) is 6.07 Å². The second-order valence-corrected chi connectivity index (χ2v) is 4.41. The van der Waals surface area contributed by atoms with E-state index in [0.29, 0.717) is 17.1 Å². The lowest BCUT2D eigenvalue weighted by Crippen LogP contribution is -2.26.